The Morgan fingerprint density at radius 2 is 1.95 bits per heavy atom. The van der Waals surface area contributed by atoms with Crippen LogP contribution in [-0.4, -0.2) is 36.1 Å². The maximum absolute atomic E-state index is 12.0. The van der Waals surface area contributed by atoms with Gasteiger partial charge in [-0.25, -0.2) is 4.79 Å². The van der Waals surface area contributed by atoms with E-state index in [0.717, 1.165) is 13.1 Å². The summed E-state index contributed by atoms with van der Waals surface area (Å²) in [5.41, 5.74) is 1.12. The molecular formula is C17H29N3OS. The fourth-order valence-corrected chi connectivity index (χ4v) is 3.61. The predicted molar refractivity (Wildman–Crippen MR) is 93.4 cm³/mol. The molecule has 4 nitrogen and oxygen atoms in total. The molecule has 2 rings (SSSR count). The van der Waals surface area contributed by atoms with Gasteiger partial charge in [0.15, 0.2) is 0 Å². The zero-order chi connectivity index (χ0) is 16.0. The molecule has 1 aromatic heterocycles. The van der Waals surface area contributed by atoms with Crippen LogP contribution in [0.15, 0.2) is 16.8 Å². The Kier molecular flexibility index (Phi) is 6.26. The number of thiophene rings is 1. The second-order valence-corrected chi connectivity index (χ2v) is 7.89. The first-order valence-electron chi connectivity index (χ1n) is 8.28. The van der Waals surface area contributed by atoms with Crippen molar-refractivity contribution in [2.24, 2.45) is 0 Å². The van der Waals surface area contributed by atoms with E-state index in [1.54, 1.807) is 11.3 Å². The van der Waals surface area contributed by atoms with Crippen molar-refractivity contribution in [2.75, 3.05) is 19.6 Å². The zero-order valence-corrected chi connectivity index (χ0v) is 14.8. The fraction of sp³-hybridized carbons (Fsp3) is 0.706. The van der Waals surface area contributed by atoms with Gasteiger partial charge in [-0.3, -0.25) is 4.90 Å². The Balaban J connectivity index is 1.97. The van der Waals surface area contributed by atoms with Crippen LogP contribution in [0.5, 0.6) is 0 Å². The molecule has 1 saturated heterocycles. The lowest BCUT2D eigenvalue weighted by Gasteiger charge is -2.31. The summed E-state index contributed by atoms with van der Waals surface area (Å²) in [6, 6.07) is 2.39. The highest BCUT2D eigenvalue weighted by atomic mass is 32.1. The lowest BCUT2D eigenvalue weighted by Crippen LogP contribution is -2.48. The number of urea groups is 1. The average Bonchev–Trinajstić information content (AvgIpc) is 2.80. The van der Waals surface area contributed by atoms with Gasteiger partial charge in [0.2, 0.25) is 0 Å². The van der Waals surface area contributed by atoms with Gasteiger partial charge in [0, 0.05) is 12.1 Å². The van der Waals surface area contributed by atoms with Crippen molar-refractivity contribution in [3.8, 4) is 0 Å². The number of rotatable bonds is 4. The van der Waals surface area contributed by atoms with E-state index in [-0.39, 0.29) is 17.6 Å². The largest absolute Gasteiger partial charge is 0.336 e. The fourth-order valence-electron chi connectivity index (χ4n) is 2.90. The summed E-state index contributed by atoms with van der Waals surface area (Å²) in [5, 5.41) is 10.4. The van der Waals surface area contributed by atoms with Crippen molar-refractivity contribution in [1.29, 1.82) is 0 Å². The molecule has 0 aliphatic carbocycles. The molecule has 0 spiro atoms. The highest BCUT2D eigenvalue weighted by molar-refractivity contribution is 7.07. The average molecular weight is 324 g/mol. The minimum atomic E-state index is -0.204. The van der Waals surface area contributed by atoms with E-state index < -0.39 is 0 Å². The summed E-state index contributed by atoms with van der Waals surface area (Å²) in [7, 11) is 0. The minimum absolute atomic E-state index is 0.0810. The topological polar surface area (TPSA) is 44.4 Å². The van der Waals surface area contributed by atoms with Gasteiger partial charge < -0.3 is 10.6 Å². The summed E-state index contributed by atoms with van der Waals surface area (Å²) in [6.07, 6.45) is 5.17. The number of nitrogens with zero attached hydrogens (tertiary/aromatic N) is 1. The molecule has 22 heavy (non-hydrogen) atoms. The van der Waals surface area contributed by atoms with Gasteiger partial charge in [0.1, 0.15) is 0 Å². The van der Waals surface area contributed by atoms with Crippen molar-refractivity contribution in [1.82, 2.24) is 15.5 Å². The molecule has 2 heterocycles. The second-order valence-electron chi connectivity index (χ2n) is 7.11. The summed E-state index contributed by atoms with van der Waals surface area (Å²) in [4.78, 5) is 14.6. The third-order valence-electron chi connectivity index (χ3n) is 3.95. The molecule has 5 heteroatoms. The molecule has 1 aliphatic heterocycles. The van der Waals surface area contributed by atoms with E-state index >= 15 is 0 Å². The normalized spacial score (nSPS) is 18.5. The Morgan fingerprint density at radius 1 is 1.27 bits per heavy atom. The first kappa shape index (κ1) is 17.3. The van der Waals surface area contributed by atoms with Crippen molar-refractivity contribution < 1.29 is 4.79 Å². The smallest absolute Gasteiger partial charge is 0.315 e. The molecule has 2 N–H and O–H groups in total. The quantitative estimate of drug-likeness (QED) is 0.886. The number of carbonyl (C=O) groups is 1. The molecule has 124 valence electrons. The van der Waals surface area contributed by atoms with Gasteiger partial charge >= 0.3 is 6.03 Å². The molecule has 2 amide bonds. The number of hydrogen-bond donors (Lipinski definition) is 2. The third kappa shape index (κ3) is 5.61. The van der Waals surface area contributed by atoms with E-state index in [0.29, 0.717) is 6.54 Å². The Hall–Kier alpha value is -1.07. The van der Waals surface area contributed by atoms with Crippen LogP contribution in [0, 0.1) is 0 Å². The number of nitrogens with one attached hydrogen (secondary N) is 2. The minimum Gasteiger partial charge on any atom is -0.336 e. The number of amides is 2. The van der Waals surface area contributed by atoms with E-state index in [2.05, 4.69) is 32.4 Å². The first-order valence-corrected chi connectivity index (χ1v) is 9.22. The van der Waals surface area contributed by atoms with Crippen LogP contribution in [-0.2, 0) is 0 Å². The number of hydrogen-bond acceptors (Lipinski definition) is 3. The molecule has 1 aromatic rings. The maximum atomic E-state index is 12.0. The molecule has 1 fully saturated rings. The summed E-state index contributed by atoms with van der Waals surface area (Å²) < 4.78 is 0. The van der Waals surface area contributed by atoms with Crippen molar-refractivity contribution in [2.45, 2.75) is 58.0 Å². The molecule has 0 unspecified atom stereocenters. The zero-order valence-electron chi connectivity index (χ0n) is 14.0. The number of likely N-dealkylation sites (tertiary alicyclic amines) is 1. The van der Waals surface area contributed by atoms with E-state index in [4.69, 9.17) is 0 Å². The Labute approximate surface area is 138 Å². The summed E-state index contributed by atoms with van der Waals surface area (Å²) >= 11 is 1.73. The van der Waals surface area contributed by atoms with Crippen molar-refractivity contribution >= 4 is 17.4 Å². The number of carbonyl (C=O) groups excluding carboxylic acids is 1. The van der Waals surface area contributed by atoms with E-state index in [1.807, 2.05) is 20.8 Å². The predicted octanol–water partition coefficient (Wildman–Crippen LogP) is 3.76. The van der Waals surface area contributed by atoms with Crippen molar-refractivity contribution in [3.63, 3.8) is 0 Å². The molecule has 0 aromatic carbocycles. The van der Waals surface area contributed by atoms with Gasteiger partial charge in [-0.15, -0.1) is 0 Å². The van der Waals surface area contributed by atoms with E-state index in [9.17, 15) is 4.79 Å². The maximum Gasteiger partial charge on any atom is 0.315 e. The van der Waals surface area contributed by atoms with Gasteiger partial charge in [-0.2, -0.15) is 11.3 Å². The van der Waals surface area contributed by atoms with Gasteiger partial charge in [-0.05, 0) is 69.1 Å². The summed E-state index contributed by atoms with van der Waals surface area (Å²) in [5.74, 6) is 0. The molecule has 1 aliphatic rings. The SMILES string of the molecule is CC(C)(C)NC(=O)NC[C@@H](c1ccsc1)N1CCCCCC1. The standard InChI is InChI=1S/C17H29N3OS/c1-17(2,3)19-16(21)18-12-15(14-8-11-22-13-14)20-9-6-4-5-7-10-20/h8,11,13,15H,4-7,9-10,12H2,1-3H3,(H2,18,19,21)/t15-/m0/s1. The molecule has 0 saturated carbocycles. The first-order chi connectivity index (χ1) is 10.5. The Morgan fingerprint density at radius 3 is 2.50 bits per heavy atom. The summed E-state index contributed by atoms with van der Waals surface area (Å²) in [6.45, 7) is 8.91. The van der Waals surface area contributed by atoms with Crippen LogP contribution in [0.4, 0.5) is 4.79 Å². The van der Waals surface area contributed by atoms with Crippen LogP contribution in [0.25, 0.3) is 0 Å². The Bertz CT molecular complexity index is 445. The van der Waals surface area contributed by atoms with Crippen LogP contribution >= 0.6 is 11.3 Å². The van der Waals surface area contributed by atoms with Crippen LogP contribution in [0.2, 0.25) is 0 Å². The monoisotopic (exact) mass is 323 g/mol. The van der Waals surface area contributed by atoms with E-state index in [1.165, 1.54) is 31.2 Å². The third-order valence-corrected chi connectivity index (χ3v) is 4.66. The van der Waals surface area contributed by atoms with Crippen LogP contribution in [0.3, 0.4) is 0 Å². The molecular weight excluding hydrogens is 294 g/mol. The second kappa shape index (κ2) is 7.97. The van der Waals surface area contributed by atoms with Gasteiger partial charge in [0.05, 0.1) is 6.04 Å². The molecule has 0 bridgehead atoms. The lowest BCUT2D eigenvalue weighted by molar-refractivity contribution is 0.194. The van der Waals surface area contributed by atoms with Crippen LogP contribution < -0.4 is 10.6 Å². The highest BCUT2D eigenvalue weighted by Crippen LogP contribution is 2.25. The van der Waals surface area contributed by atoms with Crippen molar-refractivity contribution in [3.05, 3.63) is 22.4 Å². The lowest BCUT2D eigenvalue weighted by atomic mass is 10.1. The highest BCUT2D eigenvalue weighted by Gasteiger charge is 2.23. The van der Waals surface area contributed by atoms with Crippen LogP contribution in [0.1, 0.15) is 58.1 Å². The van der Waals surface area contributed by atoms with Gasteiger partial charge in [-0.1, -0.05) is 12.8 Å². The molecule has 0 radical (unpaired) electrons. The molecule has 1 atom stereocenters. The van der Waals surface area contributed by atoms with Gasteiger partial charge in [0.25, 0.3) is 0 Å².